The summed E-state index contributed by atoms with van der Waals surface area (Å²) in [6, 6.07) is 15.1. The lowest BCUT2D eigenvalue weighted by molar-refractivity contribution is -0.384. The second kappa shape index (κ2) is 8.53. The van der Waals surface area contributed by atoms with Gasteiger partial charge in [-0.2, -0.15) is 0 Å². The van der Waals surface area contributed by atoms with Crippen molar-refractivity contribution in [2.24, 2.45) is 0 Å². The Hall–Kier alpha value is -3.08. The predicted octanol–water partition coefficient (Wildman–Crippen LogP) is 4.10. The van der Waals surface area contributed by atoms with Gasteiger partial charge in [0.25, 0.3) is 5.69 Å². The van der Waals surface area contributed by atoms with Gasteiger partial charge in [0.1, 0.15) is 6.29 Å². The summed E-state index contributed by atoms with van der Waals surface area (Å²) in [5.41, 5.74) is 1.46. The van der Waals surface area contributed by atoms with E-state index in [4.69, 9.17) is 0 Å². The van der Waals surface area contributed by atoms with E-state index in [1.165, 1.54) is 18.2 Å². The first kappa shape index (κ1) is 17.3. The molecule has 0 aliphatic carbocycles. The van der Waals surface area contributed by atoms with Crippen LogP contribution in [0.2, 0.25) is 0 Å². The van der Waals surface area contributed by atoms with Gasteiger partial charge in [-0.3, -0.25) is 14.9 Å². The van der Waals surface area contributed by atoms with Crippen molar-refractivity contribution in [3.8, 4) is 0 Å². The average molecular weight is 323 g/mol. The van der Waals surface area contributed by atoms with Gasteiger partial charge in [0.2, 0.25) is 0 Å². The van der Waals surface area contributed by atoms with Crippen LogP contribution >= 0.6 is 0 Å². The normalized spacial score (nSPS) is 12.0. The highest BCUT2D eigenvalue weighted by Crippen LogP contribution is 2.25. The van der Waals surface area contributed by atoms with Gasteiger partial charge in [-0.05, 0) is 24.0 Å². The van der Waals surface area contributed by atoms with E-state index in [9.17, 15) is 19.7 Å². The molecule has 5 heteroatoms. The lowest BCUT2D eigenvalue weighted by Crippen LogP contribution is -2.00. The van der Waals surface area contributed by atoms with Crippen LogP contribution in [0, 0.1) is 10.1 Å². The molecule has 0 unspecified atom stereocenters. The fourth-order valence-electron chi connectivity index (χ4n) is 2.39. The molecule has 0 spiro atoms. The third kappa shape index (κ3) is 4.71. The molecule has 24 heavy (non-hydrogen) atoms. The van der Waals surface area contributed by atoms with Crippen LogP contribution in [0.25, 0.3) is 0 Å². The van der Waals surface area contributed by atoms with Crippen LogP contribution in [-0.4, -0.2) is 17.0 Å². The van der Waals surface area contributed by atoms with Crippen LogP contribution in [0.1, 0.15) is 34.7 Å². The molecule has 0 amide bonds. The third-order valence-corrected chi connectivity index (χ3v) is 3.70. The molecule has 0 fully saturated rings. The van der Waals surface area contributed by atoms with E-state index in [-0.39, 0.29) is 17.4 Å². The fourth-order valence-corrected chi connectivity index (χ4v) is 2.39. The highest BCUT2D eigenvalue weighted by atomic mass is 16.6. The number of ketones is 1. The van der Waals surface area contributed by atoms with Crippen molar-refractivity contribution in [3.63, 3.8) is 0 Å². The molecule has 0 N–H and O–H groups in total. The first-order valence-corrected chi connectivity index (χ1v) is 7.55. The lowest BCUT2D eigenvalue weighted by Gasteiger charge is -2.12. The van der Waals surface area contributed by atoms with E-state index >= 15 is 0 Å². The zero-order chi connectivity index (χ0) is 17.4. The quantitative estimate of drug-likeness (QED) is 0.241. The molecule has 0 radical (unpaired) electrons. The summed E-state index contributed by atoms with van der Waals surface area (Å²) < 4.78 is 0. The van der Waals surface area contributed by atoms with Gasteiger partial charge in [0.15, 0.2) is 5.78 Å². The molecule has 0 saturated carbocycles. The van der Waals surface area contributed by atoms with Crippen LogP contribution in [0.15, 0.2) is 66.7 Å². The number of hydrogen-bond donors (Lipinski definition) is 0. The van der Waals surface area contributed by atoms with Crippen molar-refractivity contribution in [1.29, 1.82) is 0 Å². The van der Waals surface area contributed by atoms with Crippen LogP contribution in [-0.2, 0) is 4.79 Å². The number of non-ortho nitro benzene ring substituents is 1. The monoisotopic (exact) mass is 323 g/mol. The van der Waals surface area contributed by atoms with Gasteiger partial charge in [-0.1, -0.05) is 48.5 Å². The van der Waals surface area contributed by atoms with Gasteiger partial charge >= 0.3 is 0 Å². The minimum atomic E-state index is -0.461. The molecule has 0 heterocycles. The Morgan fingerprint density at radius 2 is 1.71 bits per heavy atom. The van der Waals surface area contributed by atoms with Gasteiger partial charge < -0.3 is 4.79 Å². The number of allylic oxidation sites excluding steroid dienone is 2. The van der Waals surface area contributed by atoms with Crippen molar-refractivity contribution in [1.82, 2.24) is 0 Å². The zero-order valence-corrected chi connectivity index (χ0v) is 13.0. The van der Waals surface area contributed by atoms with E-state index in [1.807, 2.05) is 6.07 Å². The first-order valence-electron chi connectivity index (χ1n) is 7.55. The minimum Gasteiger partial charge on any atom is -0.303 e. The molecule has 1 atom stereocenters. The molecule has 0 aliphatic rings. The molecule has 0 saturated heterocycles. The van der Waals surface area contributed by atoms with Crippen molar-refractivity contribution in [2.75, 3.05) is 0 Å². The van der Waals surface area contributed by atoms with Gasteiger partial charge in [0, 0.05) is 24.1 Å². The molecule has 2 rings (SSSR count). The summed E-state index contributed by atoms with van der Waals surface area (Å²) in [5, 5.41) is 10.7. The topological polar surface area (TPSA) is 77.3 Å². The smallest absolute Gasteiger partial charge is 0.269 e. The van der Waals surface area contributed by atoms with Gasteiger partial charge in [-0.25, -0.2) is 0 Å². The standard InChI is InChI=1S/C19H17NO4/c21-14-13-15(16-9-11-18(12-10-16)20(23)24)7-4-8-19(22)17-5-2-1-3-6-17/h1-6,8-12,14-15H,7,13H2/b8-4+/t15-/m1/s1. The predicted molar refractivity (Wildman–Crippen MR) is 91.0 cm³/mol. The first-order chi connectivity index (χ1) is 11.6. The number of aldehydes is 1. The number of hydrogen-bond acceptors (Lipinski definition) is 4. The van der Waals surface area contributed by atoms with Crippen molar-refractivity contribution in [3.05, 3.63) is 88.0 Å². The maximum Gasteiger partial charge on any atom is 0.269 e. The Morgan fingerprint density at radius 3 is 2.29 bits per heavy atom. The van der Waals surface area contributed by atoms with Gasteiger partial charge in [-0.15, -0.1) is 0 Å². The van der Waals surface area contributed by atoms with E-state index in [2.05, 4.69) is 0 Å². The van der Waals surface area contributed by atoms with E-state index in [0.717, 1.165) is 11.8 Å². The van der Waals surface area contributed by atoms with Crippen molar-refractivity contribution >= 4 is 17.8 Å². The number of rotatable bonds is 8. The van der Waals surface area contributed by atoms with Crippen LogP contribution in [0.5, 0.6) is 0 Å². The number of nitro groups is 1. The summed E-state index contributed by atoms with van der Waals surface area (Å²) in [7, 11) is 0. The molecular weight excluding hydrogens is 306 g/mol. The molecule has 0 aromatic heterocycles. The molecule has 0 aliphatic heterocycles. The van der Waals surface area contributed by atoms with Crippen LogP contribution in [0.3, 0.4) is 0 Å². The third-order valence-electron chi connectivity index (χ3n) is 3.70. The number of nitrogens with zero attached hydrogens (tertiary/aromatic N) is 1. The second-order valence-corrected chi connectivity index (χ2v) is 5.32. The summed E-state index contributed by atoms with van der Waals surface area (Å²) >= 11 is 0. The molecule has 0 bridgehead atoms. The summed E-state index contributed by atoms with van der Waals surface area (Å²) in [5.74, 6) is -0.202. The summed E-state index contributed by atoms with van der Waals surface area (Å²) in [6.45, 7) is 0. The Bertz CT molecular complexity index is 736. The number of carbonyl (C=O) groups excluding carboxylic acids is 2. The van der Waals surface area contributed by atoms with Gasteiger partial charge in [0.05, 0.1) is 4.92 Å². The van der Waals surface area contributed by atoms with E-state index in [1.54, 1.807) is 42.5 Å². The zero-order valence-electron chi connectivity index (χ0n) is 13.0. The SMILES string of the molecule is O=CC[C@@H](C/C=C/C(=O)c1ccccc1)c1ccc([N+](=O)[O-])cc1. The molecule has 5 nitrogen and oxygen atoms in total. The maximum atomic E-state index is 12.0. The second-order valence-electron chi connectivity index (χ2n) is 5.32. The van der Waals surface area contributed by atoms with Crippen LogP contribution < -0.4 is 0 Å². The van der Waals surface area contributed by atoms with Crippen LogP contribution in [0.4, 0.5) is 5.69 Å². The molecule has 2 aromatic rings. The summed E-state index contributed by atoms with van der Waals surface area (Å²) in [6.07, 6.45) is 4.86. The molecule has 2 aromatic carbocycles. The number of nitro benzene ring substituents is 1. The van der Waals surface area contributed by atoms with E-state index in [0.29, 0.717) is 18.4 Å². The van der Waals surface area contributed by atoms with Crippen molar-refractivity contribution in [2.45, 2.75) is 18.8 Å². The summed E-state index contributed by atoms with van der Waals surface area (Å²) in [4.78, 5) is 33.1. The number of benzene rings is 2. The van der Waals surface area contributed by atoms with Crippen molar-refractivity contribution < 1.29 is 14.5 Å². The maximum absolute atomic E-state index is 12.0. The highest BCUT2D eigenvalue weighted by Gasteiger charge is 2.12. The largest absolute Gasteiger partial charge is 0.303 e. The molecular formula is C19H17NO4. The molecule has 122 valence electrons. The lowest BCUT2D eigenvalue weighted by atomic mass is 9.92. The highest BCUT2D eigenvalue weighted by molar-refractivity contribution is 6.04. The Kier molecular flexibility index (Phi) is 6.14. The minimum absolute atomic E-state index is 0.0124. The fraction of sp³-hybridized carbons (Fsp3) is 0.158. The Labute approximate surface area is 139 Å². The van der Waals surface area contributed by atoms with E-state index < -0.39 is 4.92 Å². The Balaban J connectivity index is 2.05. The average Bonchev–Trinajstić information content (AvgIpc) is 2.61. The Morgan fingerprint density at radius 1 is 1.04 bits per heavy atom. The number of carbonyl (C=O) groups is 2.